The van der Waals surface area contributed by atoms with Crippen LogP contribution in [0.3, 0.4) is 0 Å². The van der Waals surface area contributed by atoms with Crippen LogP contribution in [-0.2, 0) is 9.31 Å². The summed E-state index contributed by atoms with van der Waals surface area (Å²) in [4.78, 5) is 0. The van der Waals surface area contributed by atoms with Gasteiger partial charge in [-0.1, -0.05) is 12.1 Å². The standard InChI is InChI=1S/C16H24BFN2O2/c1-15(2)16(3,4)22-17(21-15)12(10-20-5)8-11-6-7-13(18)9-14(11)19/h6-9,20H,10,19H2,1-5H3. The summed E-state index contributed by atoms with van der Waals surface area (Å²) in [6.07, 6.45) is 1.90. The Bertz CT molecular complexity index is 572. The summed E-state index contributed by atoms with van der Waals surface area (Å²) in [6, 6.07) is 4.36. The van der Waals surface area contributed by atoms with Crippen LogP contribution in [0.2, 0.25) is 0 Å². The number of hydrogen-bond acceptors (Lipinski definition) is 4. The number of nitrogens with one attached hydrogen (secondary N) is 1. The van der Waals surface area contributed by atoms with E-state index in [1.807, 2.05) is 40.8 Å². The van der Waals surface area contributed by atoms with Crippen molar-refractivity contribution in [2.24, 2.45) is 0 Å². The summed E-state index contributed by atoms with van der Waals surface area (Å²) in [5, 5.41) is 3.11. The van der Waals surface area contributed by atoms with Crippen LogP contribution in [0.5, 0.6) is 0 Å². The molecule has 0 amide bonds. The molecule has 4 nitrogen and oxygen atoms in total. The van der Waals surface area contributed by atoms with Crippen LogP contribution in [0.25, 0.3) is 6.08 Å². The smallest absolute Gasteiger partial charge is 0.400 e. The number of halogens is 1. The maximum absolute atomic E-state index is 13.2. The molecule has 1 fully saturated rings. The summed E-state index contributed by atoms with van der Waals surface area (Å²) >= 11 is 0. The van der Waals surface area contributed by atoms with Gasteiger partial charge in [0, 0.05) is 12.2 Å². The minimum absolute atomic E-state index is 0.347. The Kier molecular flexibility index (Phi) is 4.66. The van der Waals surface area contributed by atoms with Gasteiger partial charge < -0.3 is 20.4 Å². The van der Waals surface area contributed by atoms with E-state index in [1.165, 1.54) is 12.1 Å². The van der Waals surface area contributed by atoms with Gasteiger partial charge in [-0.15, -0.1) is 0 Å². The van der Waals surface area contributed by atoms with Crippen LogP contribution in [0.1, 0.15) is 33.3 Å². The first kappa shape index (κ1) is 17.0. The van der Waals surface area contributed by atoms with Crippen molar-refractivity contribution in [2.75, 3.05) is 19.3 Å². The molecule has 1 heterocycles. The van der Waals surface area contributed by atoms with Gasteiger partial charge in [-0.2, -0.15) is 0 Å². The molecule has 0 saturated carbocycles. The second-order valence-electron chi connectivity index (χ2n) is 6.61. The summed E-state index contributed by atoms with van der Waals surface area (Å²) in [5.41, 5.74) is 7.14. The Balaban J connectivity index is 2.33. The molecular formula is C16H24BFN2O2. The molecule has 1 aliphatic heterocycles. The van der Waals surface area contributed by atoms with E-state index in [1.54, 1.807) is 6.07 Å². The highest BCUT2D eigenvalue weighted by molar-refractivity contribution is 6.56. The third kappa shape index (κ3) is 3.34. The van der Waals surface area contributed by atoms with Crippen LogP contribution >= 0.6 is 0 Å². The predicted molar refractivity (Wildman–Crippen MR) is 88.8 cm³/mol. The van der Waals surface area contributed by atoms with Crippen molar-refractivity contribution >= 4 is 18.9 Å². The number of rotatable bonds is 4. The molecule has 2 rings (SSSR count). The van der Waals surface area contributed by atoms with E-state index in [0.717, 1.165) is 11.0 Å². The SMILES string of the molecule is CNCC(=Cc1ccc(F)cc1N)B1OC(C)(C)C(C)(C)O1. The fourth-order valence-corrected chi connectivity index (χ4v) is 2.28. The Labute approximate surface area is 132 Å². The number of benzene rings is 1. The molecule has 22 heavy (non-hydrogen) atoms. The van der Waals surface area contributed by atoms with Crippen molar-refractivity contribution < 1.29 is 13.7 Å². The average molecular weight is 306 g/mol. The van der Waals surface area contributed by atoms with Crippen LogP contribution in [-0.4, -0.2) is 31.9 Å². The third-order valence-electron chi connectivity index (χ3n) is 4.33. The topological polar surface area (TPSA) is 56.5 Å². The monoisotopic (exact) mass is 306 g/mol. The molecule has 1 aliphatic rings. The maximum Gasteiger partial charge on any atom is 0.491 e. The molecule has 1 aromatic rings. The van der Waals surface area contributed by atoms with Crippen molar-refractivity contribution in [1.29, 1.82) is 0 Å². The highest BCUT2D eigenvalue weighted by Crippen LogP contribution is 2.38. The summed E-state index contributed by atoms with van der Waals surface area (Å²) in [7, 11) is 1.40. The zero-order valence-electron chi connectivity index (χ0n) is 13.9. The first-order chi connectivity index (χ1) is 10.2. The molecule has 1 aromatic carbocycles. The lowest BCUT2D eigenvalue weighted by Crippen LogP contribution is -2.41. The molecule has 3 N–H and O–H groups in total. The van der Waals surface area contributed by atoms with Gasteiger partial charge in [0.1, 0.15) is 5.82 Å². The van der Waals surface area contributed by atoms with Crippen LogP contribution in [0.15, 0.2) is 23.7 Å². The Morgan fingerprint density at radius 2 is 1.86 bits per heavy atom. The quantitative estimate of drug-likeness (QED) is 0.663. The highest BCUT2D eigenvalue weighted by Gasteiger charge is 2.52. The lowest BCUT2D eigenvalue weighted by Gasteiger charge is -2.32. The molecule has 0 bridgehead atoms. The number of hydrogen-bond donors (Lipinski definition) is 2. The number of likely N-dealkylation sites (N-methyl/N-ethyl adjacent to an activating group) is 1. The minimum Gasteiger partial charge on any atom is -0.400 e. The van der Waals surface area contributed by atoms with Crippen molar-refractivity contribution in [3.05, 3.63) is 35.1 Å². The van der Waals surface area contributed by atoms with Gasteiger partial charge in [-0.25, -0.2) is 4.39 Å². The number of nitrogens with two attached hydrogens (primary N) is 1. The lowest BCUT2D eigenvalue weighted by atomic mass is 9.77. The van der Waals surface area contributed by atoms with Gasteiger partial charge in [0.25, 0.3) is 0 Å². The van der Waals surface area contributed by atoms with Gasteiger partial charge in [-0.05, 0) is 57.9 Å². The third-order valence-corrected chi connectivity index (χ3v) is 4.33. The summed E-state index contributed by atoms with van der Waals surface area (Å²) < 4.78 is 25.3. The van der Waals surface area contributed by atoms with Crippen molar-refractivity contribution in [3.63, 3.8) is 0 Å². The predicted octanol–water partition coefficient (Wildman–Crippen LogP) is 2.64. The largest absolute Gasteiger partial charge is 0.491 e. The Hall–Kier alpha value is -1.37. The van der Waals surface area contributed by atoms with Gasteiger partial charge in [0.05, 0.1) is 11.2 Å². The second kappa shape index (κ2) is 6.03. The Morgan fingerprint density at radius 1 is 1.27 bits per heavy atom. The van der Waals surface area contributed by atoms with Crippen LogP contribution < -0.4 is 11.1 Å². The van der Waals surface area contributed by atoms with Crippen LogP contribution in [0, 0.1) is 5.82 Å². The van der Waals surface area contributed by atoms with E-state index in [0.29, 0.717) is 12.2 Å². The highest BCUT2D eigenvalue weighted by atomic mass is 19.1. The average Bonchev–Trinajstić information content (AvgIpc) is 2.61. The molecule has 0 aromatic heterocycles. The number of anilines is 1. The van der Waals surface area contributed by atoms with E-state index >= 15 is 0 Å². The van der Waals surface area contributed by atoms with E-state index in [9.17, 15) is 4.39 Å². The van der Waals surface area contributed by atoms with Gasteiger partial charge in [-0.3, -0.25) is 0 Å². The van der Waals surface area contributed by atoms with Gasteiger partial charge in [0.15, 0.2) is 0 Å². The summed E-state index contributed by atoms with van der Waals surface area (Å²) in [6.45, 7) is 8.63. The summed E-state index contributed by atoms with van der Waals surface area (Å²) in [5.74, 6) is -0.347. The molecule has 120 valence electrons. The lowest BCUT2D eigenvalue weighted by molar-refractivity contribution is 0.00578. The van der Waals surface area contributed by atoms with Gasteiger partial charge in [0.2, 0.25) is 0 Å². The van der Waals surface area contributed by atoms with E-state index < -0.39 is 18.3 Å². The van der Waals surface area contributed by atoms with E-state index in [-0.39, 0.29) is 5.82 Å². The molecule has 6 heteroatoms. The second-order valence-corrected chi connectivity index (χ2v) is 6.61. The molecule has 0 unspecified atom stereocenters. The van der Waals surface area contributed by atoms with Crippen molar-refractivity contribution in [3.8, 4) is 0 Å². The number of nitrogen functional groups attached to an aromatic ring is 1. The Morgan fingerprint density at radius 3 is 2.36 bits per heavy atom. The normalized spacial score (nSPS) is 20.5. The van der Waals surface area contributed by atoms with Crippen LogP contribution in [0.4, 0.5) is 10.1 Å². The first-order valence-electron chi connectivity index (χ1n) is 7.42. The molecule has 0 aliphatic carbocycles. The molecular weight excluding hydrogens is 282 g/mol. The maximum atomic E-state index is 13.2. The zero-order chi connectivity index (χ0) is 16.5. The fraction of sp³-hybridized carbons (Fsp3) is 0.500. The first-order valence-corrected chi connectivity index (χ1v) is 7.42. The molecule has 1 saturated heterocycles. The fourth-order valence-electron chi connectivity index (χ4n) is 2.28. The van der Waals surface area contributed by atoms with Gasteiger partial charge >= 0.3 is 7.12 Å². The van der Waals surface area contributed by atoms with E-state index in [2.05, 4.69) is 5.32 Å². The molecule has 0 radical (unpaired) electrons. The molecule has 0 spiro atoms. The van der Waals surface area contributed by atoms with E-state index in [4.69, 9.17) is 15.0 Å². The van der Waals surface area contributed by atoms with Crippen molar-refractivity contribution in [1.82, 2.24) is 5.32 Å². The molecule has 0 atom stereocenters. The minimum atomic E-state index is -0.457. The zero-order valence-corrected chi connectivity index (χ0v) is 13.9. The van der Waals surface area contributed by atoms with Crippen molar-refractivity contribution in [2.45, 2.75) is 38.9 Å².